The highest BCUT2D eigenvalue weighted by molar-refractivity contribution is 7.22. The van der Waals surface area contributed by atoms with Crippen molar-refractivity contribution < 1.29 is 0 Å². The smallest absolute Gasteiger partial charge is 0.0355 e. The van der Waals surface area contributed by atoms with E-state index < -0.39 is 0 Å². The molecular weight excluding hydrogens is 448 g/mol. The molecule has 0 aliphatic heterocycles. The van der Waals surface area contributed by atoms with Crippen LogP contribution in [0.15, 0.2) is 97.1 Å². The maximum absolute atomic E-state index is 2.46. The van der Waals surface area contributed by atoms with Gasteiger partial charge >= 0.3 is 0 Å². The van der Waals surface area contributed by atoms with Crippen LogP contribution in [0, 0.1) is 0 Å². The Morgan fingerprint density at radius 1 is 0.588 bits per heavy atom. The van der Waals surface area contributed by atoms with Gasteiger partial charge in [0, 0.05) is 24.6 Å². The third-order valence-electron chi connectivity index (χ3n) is 7.65. The lowest BCUT2D eigenvalue weighted by atomic mass is 9.77. The van der Waals surface area contributed by atoms with Gasteiger partial charge in [-0.05, 0) is 87.0 Å². The summed E-state index contributed by atoms with van der Waals surface area (Å²) in [6, 6.07) is 36.3. The zero-order valence-corrected chi connectivity index (χ0v) is 20.9. The Kier molecular flexibility index (Phi) is 4.39. The summed E-state index contributed by atoms with van der Waals surface area (Å²) in [7, 11) is 0. The molecule has 2 heterocycles. The molecule has 6 aromatic rings. The van der Waals surface area contributed by atoms with Crippen LogP contribution in [0.1, 0.15) is 31.4 Å². The standard InChI is InChI=1S/C32H24S2/c1-3-32(2)26-16-22(30-18-20-8-4-6-10-28(20)33-30)12-14-24(26)25-15-13-23(17-27(25)32)31-19-21-9-5-7-11-29(21)34-31/h4-19H,3H2,1-2H3. The van der Waals surface area contributed by atoms with Crippen molar-refractivity contribution in [1.82, 2.24) is 0 Å². The second-order valence-electron chi connectivity index (χ2n) is 9.50. The lowest BCUT2D eigenvalue weighted by Crippen LogP contribution is -2.19. The van der Waals surface area contributed by atoms with Gasteiger partial charge in [0.05, 0.1) is 0 Å². The Labute approximate surface area is 208 Å². The Hall–Kier alpha value is -3.20. The summed E-state index contributed by atoms with van der Waals surface area (Å²) in [4.78, 5) is 2.70. The largest absolute Gasteiger partial charge is 0.135 e. The second kappa shape index (κ2) is 7.40. The predicted octanol–water partition coefficient (Wildman–Crippen LogP) is 10.1. The Morgan fingerprint density at radius 2 is 1.06 bits per heavy atom. The van der Waals surface area contributed by atoms with Crippen molar-refractivity contribution in [3.8, 4) is 32.0 Å². The highest BCUT2D eigenvalue weighted by Crippen LogP contribution is 2.53. The molecule has 164 valence electrons. The molecule has 0 fully saturated rings. The van der Waals surface area contributed by atoms with E-state index in [1.54, 1.807) is 0 Å². The van der Waals surface area contributed by atoms with Crippen molar-refractivity contribution in [1.29, 1.82) is 0 Å². The Bertz CT molecular complexity index is 1520. The van der Waals surface area contributed by atoms with Crippen molar-refractivity contribution in [2.24, 2.45) is 0 Å². The molecule has 1 aliphatic rings. The normalized spacial score (nSPS) is 13.9. The molecule has 0 saturated heterocycles. The Morgan fingerprint density at radius 3 is 1.50 bits per heavy atom. The average molecular weight is 473 g/mol. The van der Waals surface area contributed by atoms with E-state index >= 15 is 0 Å². The summed E-state index contributed by atoms with van der Waals surface area (Å²) in [5.74, 6) is 0. The van der Waals surface area contributed by atoms with Crippen LogP contribution in [0.5, 0.6) is 0 Å². The first-order valence-corrected chi connectivity index (χ1v) is 13.5. The van der Waals surface area contributed by atoms with Gasteiger partial charge in [-0.15, -0.1) is 22.7 Å². The number of fused-ring (bicyclic) bond motifs is 5. The molecule has 2 aromatic heterocycles. The minimum absolute atomic E-state index is 0.0179. The number of thiophene rings is 2. The van der Waals surface area contributed by atoms with E-state index in [4.69, 9.17) is 0 Å². The maximum atomic E-state index is 2.46. The van der Waals surface area contributed by atoms with Gasteiger partial charge in [-0.3, -0.25) is 0 Å². The fourth-order valence-electron chi connectivity index (χ4n) is 5.55. The van der Waals surface area contributed by atoms with E-state index in [1.165, 1.54) is 63.3 Å². The van der Waals surface area contributed by atoms with Crippen LogP contribution in [-0.4, -0.2) is 0 Å². The topological polar surface area (TPSA) is 0 Å². The third kappa shape index (κ3) is 2.89. The molecule has 0 nitrogen and oxygen atoms in total. The summed E-state index contributed by atoms with van der Waals surface area (Å²) in [5, 5.41) is 2.66. The minimum atomic E-state index is 0.0179. The first-order chi connectivity index (χ1) is 16.6. The maximum Gasteiger partial charge on any atom is 0.0355 e. The van der Waals surface area contributed by atoms with Crippen LogP contribution < -0.4 is 0 Å². The number of hydrogen-bond donors (Lipinski definition) is 0. The number of rotatable bonds is 3. The average Bonchev–Trinajstić information content (AvgIpc) is 3.57. The van der Waals surface area contributed by atoms with Crippen LogP contribution in [0.2, 0.25) is 0 Å². The van der Waals surface area contributed by atoms with Gasteiger partial charge in [-0.25, -0.2) is 0 Å². The number of benzene rings is 4. The van der Waals surface area contributed by atoms with Gasteiger partial charge in [0.15, 0.2) is 0 Å². The van der Waals surface area contributed by atoms with Crippen LogP contribution >= 0.6 is 22.7 Å². The van der Waals surface area contributed by atoms with Crippen molar-refractivity contribution >= 4 is 42.8 Å². The Balaban J connectivity index is 1.36. The first-order valence-electron chi connectivity index (χ1n) is 11.9. The lowest BCUT2D eigenvalue weighted by Gasteiger charge is -2.26. The molecule has 1 aliphatic carbocycles. The molecule has 0 atom stereocenters. The van der Waals surface area contributed by atoms with Crippen molar-refractivity contribution in [2.75, 3.05) is 0 Å². The van der Waals surface area contributed by atoms with E-state index in [0.717, 1.165) is 6.42 Å². The molecule has 0 saturated carbocycles. The minimum Gasteiger partial charge on any atom is -0.135 e. The van der Waals surface area contributed by atoms with E-state index in [1.807, 2.05) is 22.7 Å². The zero-order valence-electron chi connectivity index (χ0n) is 19.3. The summed E-state index contributed by atoms with van der Waals surface area (Å²) >= 11 is 3.78. The van der Waals surface area contributed by atoms with Crippen LogP contribution in [0.4, 0.5) is 0 Å². The summed E-state index contributed by atoms with van der Waals surface area (Å²) in [5.41, 5.74) is 8.40. The monoisotopic (exact) mass is 472 g/mol. The number of hydrogen-bond acceptors (Lipinski definition) is 2. The van der Waals surface area contributed by atoms with Crippen LogP contribution in [-0.2, 0) is 5.41 Å². The fraction of sp³-hybridized carbons (Fsp3) is 0.125. The molecule has 34 heavy (non-hydrogen) atoms. The van der Waals surface area contributed by atoms with Gasteiger partial charge in [0.25, 0.3) is 0 Å². The lowest BCUT2D eigenvalue weighted by molar-refractivity contribution is 0.565. The highest BCUT2D eigenvalue weighted by atomic mass is 32.1. The molecule has 0 amide bonds. The summed E-state index contributed by atoms with van der Waals surface area (Å²) < 4.78 is 2.71. The molecule has 0 N–H and O–H groups in total. The second-order valence-corrected chi connectivity index (χ2v) is 11.7. The van der Waals surface area contributed by atoms with E-state index in [2.05, 4.69) is 111 Å². The van der Waals surface area contributed by atoms with E-state index in [0.29, 0.717) is 0 Å². The van der Waals surface area contributed by atoms with Crippen molar-refractivity contribution in [3.05, 3.63) is 108 Å². The van der Waals surface area contributed by atoms with Crippen molar-refractivity contribution in [3.63, 3.8) is 0 Å². The summed E-state index contributed by atoms with van der Waals surface area (Å²) in [6.45, 7) is 4.76. The predicted molar refractivity (Wildman–Crippen MR) is 150 cm³/mol. The van der Waals surface area contributed by atoms with Gasteiger partial charge in [0.1, 0.15) is 0 Å². The molecule has 7 rings (SSSR count). The SMILES string of the molecule is CCC1(C)c2cc(-c3cc4ccccc4s3)ccc2-c2ccc(-c3cc4ccccc4s3)cc21. The third-order valence-corrected chi connectivity index (χ3v) is 9.98. The molecule has 0 radical (unpaired) electrons. The van der Waals surface area contributed by atoms with Gasteiger partial charge < -0.3 is 0 Å². The molecule has 0 unspecified atom stereocenters. The van der Waals surface area contributed by atoms with Gasteiger partial charge in [-0.1, -0.05) is 74.5 Å². The molecule has 0 bridgehead atoms. The van der Waals surface area contributed by atoms with E-state index in [9.17, 15) is 0 Å². The van der Waals surface area contributed by atoms with Gasteiger partial charge in [-0.2, -0.15) is 0 Å². The van der Waals surface area contributed by atoms with E-state index in [-0.39, 0.29) is 5.41 Å². The molecular formula is C32H24S2. The van der Waals surface area contributed by atoms with Crippen LogP contribution in [0.25, 0.3) is 52.2 Å². The highest BCUT2D eigenvalue weighted by Gasteiger charge is 2.38. The quantitative estimate of drug-likeness (QED) is 0.240. The molecule has 0 spiro atoms. The summed E-state index contributed by atoms with van der Waals surface area (Å²) in [6.07, 6.45) is 1.08. The van der Waals surface area contributed by atoms with Gasteiger partial charge in [0.2, 0.25) is 0 Å². The van der Waals surface area contributed by atoms with Crippen LogP contribution in [0.3, 0.4) is 0 Å². The zero-order chi connectivity index (χ0) is 22.9. The van der Waals surface area contributed by atoms with Crippen molar-refractivity contribution in [2.45, 2.75) is 25.7 Å². The molecule has 2 heteroatoms. The molecule has 4 aromatic carbocycles. The fourth-order valence-corrected chi connectivity index (χ4v) is 7.67. The first kappa shape index (κ1) is 20.2.